The van der Waals surface area contributed by atoms with Crippen LogP contribution in [0.15, 0.2) is 12.4 Å². The van der Waals surface area contributed by atoms with Crippen LogP contribution in [-0.2, 0) is 22.5 Å². The van der Waals surface area contributed by atoms with Gasteiger partial charge >= 0.3 is 0 Å². The van der Waals surface area contributed by atoms with Crippen molar-refractivity contribution >= 4 is 19.3 Å². The lowest BCUT2D eigenvalue weighted by molar-refractivity contribution is 0.251. The van der Waals surface area contributed by atoms with Crippen molar-refractivity contribution in [2.24, 2.45) is 7.05 Å². The van der Waals surface area contributed by atoms with Gasteiger partial charge in [-0.15, -0.1) is 0 Å². The fourth-order valence-electron chi connectivity index (χ4n) is 1.69. The summed E-state index contributed by atoms with van der Waals surface area (Å²) in [6.07, 6.45) is 3.66. The van der Waals surface area contributed by atoms with Crippen LogP contribution in [0.2, 0.25) is 18.1 Å². The minimum absolute atomic E-state index is 0.141. The highest BCUT2D eigenvalue weighted by Crippen LogP contribution is 2.37. The van der Waals surface area contributed by atoms with Gasteiger partial charge in [0.25, 0.3) is 0 Å². The van der Waals surface area contributed by atoms with Crippen LogP contribution in [-0.4, -0.2) is 33.4 Å². The summed E-state index contributed by atoms with van der Waals surface area (Å²) >= 11 is 0. The van der Waals surface area contributed by atoms with Gasteiger partial charge in [0.1, 0.15) is 5.82 Å². The monoisotopic (exact) mass is 359 g/mol. The molecule has 134 valence electrons. The normalized spacial score (nSPS) is 16.4. The highest BCUT2D eigenvalue weighted by Gasteiger charge is 2.38. The Morgan fingerprint density at radius 2 is 1.87 bits per heavy atom. The average molecular weight is 360 g/mol. The molecule has 0 saturated carbocycles. The fourth-order valence-corrected chi connectivity index (χ4v) is 3.49. The van der Waals surface area contributed by atoms with Crippen molar-refractivity contribution in [1.82, 2.24) is 14.3 Å². The van der Waals surface area contributed by atoms with Gasteiger partial charge in [-0.2, -0.15) is 0 Å². The van der Waals surface area contributed by atoms with Crippen LogP contribution >= 0.6 is 0 Å². The quantitative estimate of drug-likeness (QED) is 0.791. The molecule has 7 heteroatoms. The van der Waals surface area contributed by atoms with Crippen molar-refractivity contribution in [3.8, 4) is 0 Å². The number of rotatable bonds is 6. The maximum Gasteiger partial charge on any atom is 0.192 e. The van der Waals surface area contributed by atoms with Gasteiger partial charge in [-0.25, -0.2) is 13.9 Å². The molecule has 0 saturated heterocycles. The number of imidazole rings is 1. The van der Waals surface area contributed by atoms with E-state index >= 15 is 0 Å². The summed E-state index contributed by atoms with van der Waals surface area (Å²) in [6, 6.07) is -0.191. The van der Waals surface area contributed by atoms with E-state index in [1.807, 2.05) is 38.6 Å². The minimum Gasteiger partial charge on any atom is -0.415 e. The molecule has 1 aromatic rings. The van der Waals surface area contributed by atoms with Crippen molar-refractivity contribution in [2.45, 2.75) is 70.5 Å². The van der Waals surface area contributed by atoms with E-state index in [0.717, 1.165) is 5.82 Å². The van der Waals surface area contributed by atoms with Gasteiger partial charge in [0.15, 0.2) is 8.32 Å². The summed E-state index contributed by atoms with van der Waals surface area (Å²) in [7, 11) is -1.10. The predicted molar refractivity (Wildman–Crippen MR) is 100 cm³/mol. The summed E-state index contributed by atoms with van der Waals surface area (Å²) in [5.41, 5.74) is 0. The number of aryl methyl sites for hydroxylation is 1. The van der Waals surface area contributed by atoms with Crippen molar-refractivity contribution in [3.05, 3.63) is 18.2 Å². The van der Waals surface area contributed by atoms with E-state index in [2.05, 4.69) is 43.6 Å². The molecule has 1 heterocycles. The standard InChI is InChI=1S/C16H33N3O2SSi/c1-15(2,3)22(20)18-13(14-17-10-11-19(14)7)12-21-23(8,9)16(4,5)6/h10-11,13,18H,12H2,1-9H3/t13-,22?/m0/s1. The van der Waals surface area contributed by atoms with Crippen molar-refractivity contribution in [3.63, 3.8) is 0 Å². The first-order chi connectivity index (χ1) is 10.3. The molecule has 23 heavy (non-hydrogen) atoms. The Balaban J connectivity index is 2.94. The molecule has 5 nitrogen and oxygen atoms in total. The van der Waals surface area contributed by atoms with Gasteiger partial charge in [0.05, 0.1) is 28.4 Å². The third-order valence-corrected chi connectivity index (χ3v) is 10.5. The summed E-state index contributed by atoms with van der Waals surface area (Å²) in [5, 5.41) is 0.141. The van der Waals surface area contributed by atoms with E-state index in [1.54, 1.807) is 6.20 Å². The Labute approximate surface area is 144 Å². The van der Waals surface area contributed by atoms with Gasteiger partial charge in [-0.05, 0) is 38.9 Å². The molecule has 1 rings (SSSR count). The summed E-state index contributed by atoms with van der Waals surface area (Å²) < 4.78 is 23.7. The van der Waals surface area contributed by atoms with E-state index in [4.69, 9.17) is 4.43 Å². The first-order valence-electron chi connectivity index (χ1n) is 8.05. The fraction of sp³-hybridized carbons (Fsp3) is 0.812. The highest BCUT2D eigenvalue weighted by atomic mass is 32.2. The molecule has 1 aromatic heterocycles. The van der Waals surface area contributed by atoms with Gasteiger partial charge in [-0.1, -0.05) is 20.8 Å². The number of hydrogen-bond donors (Lipinski definition) is 1. The summed E-state index contributed by atoms with van der Waals surface area (Å²) in [4.78, 5) is 4.42. The predicted octanol–water partition coefficient (Wildman–Crippen LogP) is 3.53. The van der Waals surface area contributed by atoms with Crippen molar-refractivity contribution in [2.75, 3.05) is 6.61 Å². The Morgan fingerprint density at radius 3 is 2.26 bits per heavy atom. The highest BCUT2D eigenvalue weighted by molar-refractivity contribution is 7.84. The molecule has 0 fully saturated rings. The topological polar surface area (TPSA) is 56.1 Å². The van der Waals surface area contributed by atoms with Gasteiger partial charge in [0, 0.05) is 19.4 Å². The molecule has 0 aliphatic rings. The van der Waals surface area contributed by atoms with Crippen molar-refractivity contribution in [1.29, 1.82) is 0 Å². The SMILES string of the molecule is Cn1ccnc1[C@H](CO[Si](C)(C)C(C)(C)C)NS(=O)C(C)(C)C. The molecule has 0 aliphatic heterocycles. The van der Waals surface area contributed by atoms with E-state index in [9.17, 15) is 4.21 Å². The molecular weight excluding hydrogens is 326 g/mol. The van der Waals surface area contributed by atoms with E-state index < -0.39 is 19.3 Å². The number of aromatic nitrogens is 2. The smallest absolute Gasteiger partial charge is 0.192 e. The number of nitrogens with zero attached hydrogens (tertiary/aromatic N) is 2. The third-order valence-electron chi connectivity index (χ3n) is 4.39. The zero-order valence-corrected chi connectivity index (χ0v) is 17.9. The molecule has 0 radical (unpaired) electrons. The minimum atomic E-state index is -1.87. The second-order valence-corrected chi connectivity index (χ2v) is 15.3. The molecule has 2 atom stereocenters. The first kappa shape index (κ1) is 20.5. The van der Waals surface area contributed by atoms with Crippen molar-refractivity contribution < 1.29 is 8.63 Å². The van der Waals surface area contributed by atoms with E-state index in [-0.39, 0.29) is 15.8 Å². The van der Waals surface area contributed by atoms with Gasteiger partial charge in [-0.3, -0.25) is 0 Å². The maximum atomic E-state index is 12.5. The van der Waals surface area contributed by atoms with Crippen LogP contribution in [0, 0.1) is 0 Å². The number of nitrogens with one attached hydrogen (secondary N) is 1. The van der Waals surface area contributed by atoms with Crippen LogP contribution in [0.25, 0.3) is 0 Å². The Kier molecular flexibility index (Phi) is 6.40. The van der Waals surface area contributed by atoms with Crippen LogP contribution in [0.4, 0.5) is 0 Å². The molecule has 0 amide bonds. The third kappa shape index (κ3) is 5.51. The van der Waals surface area contributed by atoms with E-state index in [1.165, 1.54) is 0 Å². The molecule has 0 aliphatic carbocycles. The average Bonchev–Trinajstić information content (AvgIpc) is 2.77. The Morgan fingerprint density at radius 1 is 1.30 bits per heavy atom. The Bertz CT molecular complexity index is 544. The molecule has 0 bridgehead atoms. The molecule has 0 aromatic carbocycles. The Hall–Kier alpha value is -0.503. The second kappa shape index (κ2) is 7.17. The second-order valence-electron chi connectivity index (χ2n) is 8.52. The lowest BCUT2D eigenvalue weighted by Crippen LogP contribution is -2.44. The van der Waals surface area contributed by atoms with Gasteiger partial charge < -0.3 is 8.99 Å². The molecular formula is C16H33N3O2SSi. The number of hydrogen-bond acceptors (Lipinski definition) is 3. The van der Waals surface area contributed by atoms with Crippen LogP contribution in [0.5, 0.6) is 0 Å². The molecule has 1 N–H and O–H groups in total. The van der Waals surface area contributed by atoms with Gasteiger partial charge in [0.2, 0.25) is 0 Å². The van der Waals surface area contributed by atoms with Crippen LogP contribution in [0.3, 0.4) is 0 Å². The lowest BCUT2D eigenvalue weighted by atomic mass is 10.2. The summed E-state index contributed by atoms with van der Waals surface area (Å²) in [5.74, 6) is 0.848. The van der Waals surface area contributed by atoms with Crippen LogP contribution < -0.4 is 4.72 Å². The van der Waals surface area contributed by atoms with Crippen LogP contribution in [0.1, 0.15) is 53.4 Å². The summed E-state index contributed by atoms with van der Waals surface area (Å²) in [6.45, 7) is 17.5. The molecule has 0 spiro atoms. The molecule has 1 unspecified atom stereocenters. The lowest BCUT2D eigenvalue weighted by Gasteiger charge is -2.37. The largest absolute Gasteiger partial charge is 0.415 e. The maximum absolute atomic E-state index is 12.5. The zero-order chi connectivity index (χ0) is 18.1. The first-order valence-corrected chi connectivity index (χ1v) is 12.1. The zero-order valence-electron chi connectivity index (χ0n) is 16.1. The van der Waals surface area contributed by atoms with E-state index in [0.29, 0.717) is 6.61 Å².